The van der Waals surface area contributed by atoms with Gasteiger partial charge in [-0.05, 0) is 42.5 Å². The van der Waals surface area contributed by atoms with Crippen LogP contribution in [0.15, 0.2) is 60.7 Å². The molecule has 1 aliphatic heterocycles. The van der Waals surface area contributed by atoms with Gasteiger partial charge in [0.25, 0.3) is 5.69 Å². The van der Waals surface area contributed by atoms with Gasteiger partial charge in [-0.15, -0.1) is 0 Å². The number of nitrogens with zero attached hydrogens (tertiary/aromatic N) is 2. The molecule has 1 saturated heterocycles. The zero-order chi connectivity index (χ0) is 21.0. The van der Waals surface area contributed by atoms with E-state index in [1.165, 1.54) is 30.3 Å². The summed E-state index contributed by atoms with van der Waals surface area (Å²) in [6.07, 6.45) is 4.86. The molecule has 150 valence electrons. The fourth-order valence-electron chi connectivity index (χ4n) is 4.75. The summed E-state index contributed by atoms with van der Waals surface area (Å²) in [6, 6.07) is 11.4. The van der Waals surface area contributed by atoms with E-state index >= 15 is 0 Å². The van der Waals surface area contributed by atoms with Crippen molar-refractivity contribution < 1.29 is 24.0 Å². The van der Waals surface area contributed by atoms with Crippen molar-refractivity contribution in [3.63, 3.8) is 0 Å². The summed E-state index contributed by atoms with van der Waals surface area (Å²) in [5.41, 5.74) is 0.208. The molecule has 2 amide bonds. The largest absolute Gasteiger partial charge is 0.421 e. The van der Waals surface area contributed by atoms with E-state index in [0.29, 0.717) is 0 Å². The number of benzene rings is 2. The molecule has 4 atom stereocenters. The van der Waals surface area contributed by atoms with Crippen molar-refractivity contribution in [2.75, 3.05) is 4.90 Å². The average molecular weight is 404 g/mol. The number of esters is 1. The van der Waals surface area contributed by atoms with Gasteiger partial charge in [0, 0.05) is 12.1 Å². The van der Waals surface area contributed by atoms with Gasteiger partial charge in [0.05, 0.1) is 28.0 Å². The van der Waals surface area contributed by atoms with E-state index < -0.39 is 10.9 Å². The third-order valence-corrected chi connectivity index (χ3v) is 6.09. The molecular weight excluding hydrogens is 388 g/mol. The maximum atomic E-state index is 13.1. The number of hydrogen-bond acceptors (Lipinski definition) is 6. The fourth-order valence-corrected chi connectivity index (χ4v) is 4.75. The number of imide groups is 1. The first-order valence-corrected chi connectivity index (χ1v) is 9.57. The van der Waals surface area contributed by atoms with Crippen LogP contribution < -0.4 is 9.64 Å². The van der Waals surface area contributed by atoms with E-state index in [2.05, 4.69) is 0 Å². The molecule has 2 fully saturated rings. The molecule has 2 bridgehead atoms. The van der Waals surface area contributed by atoms with Gasteiger partial charge < -0.3 is 4.74 Å². The quantitative estimate of drug-likeness (QED) is 0.194. The SMILES string of the molecule is O=C(Oc1ccccc1N1C(=O)[C@@H]2[C@H](C1=O)[C@H]1C=C[C@@H]2C1)c1ccc([N+](=O)[O-])cc1. The molecule has 0 spiro atoms. The number of nitro benzene ring substituents is 1. The molecule has 0 radical (unpaired) electrons. The number of allylic oxidation sites excluding steroid dienone is 2. The Labute approximate surface area is 170 Å². The lowest BCUT2D eigenvalue weighted by Gasteiger charge is -2.20. The average Bonchev–Trinajstić information content (AvgIpc) is 3.42. The molecule has 3 aliphatic rings. The standard InChI is InChI=1S/C22H16N2O6/c25-20-18-13-5-6-14(11-13)19(18)21(26)23(20)16-3-1-2-4-17(16)30-22(27)12-7-9-15(10-8-12)24(28)29/h1-10,13-14,18-19H,11H2/t13-,14+,18+,19-. The van der Waals surface area contributed by atoms with Crippen LogP contribution in [0.2, 0.25) is 0 Å². The fraction of sp³-hybridized carbons (Fsp3) is 0.227. The number of non-ortho nitro benzene ring substituents is 1. The predicted molar refractivity (Wildman–Crippen MR) is 105 cm³/mol. The predicted octanol–water partition coefficient (Wildman–Crippen LogP) is 3.13. The van der Waals surface area contributed by atoms with Gasteiger partial charge in [-0.1, -0.05) is 24.3 Å². The monoisotopic (exact) mass is 404 g/mol. The van der Waals surface area contributed by atoms with Crippen molar-refractivity contribution in [3.05, 3.63) is 76.4 Å². The van der Waals surface area contributed by atoms with E-state index in [9.17, 15) is 24.5 Å². The lowest BCUT2D eigenvalue weighted by Crippen LogP contribution is -2.33. The minimum absolute atomic E-state index is 0.0799. The summed E-state index contributed by atoms with van der Waals surface area (Å²) in [5, 5.41) is 10.8. The summed E-state index contributed by atoms with van der Waals surface area (Å²) in [4.78, 5) is 50.0. The maximum absolute atomic E-state index is 13.1. The van der Waals surface area contributed by atoms with Crippen LogP contribution in [0, 0.1) is 33.8 Å². The summed E-state index contributed by atoms with van der Waals surface area (Å²) in [5.74, 6) is -1.73. The molecule has 1 saturated carbocycles. The Hall–Kier alpha value is -3.81. The van der Waals surface area contributed by atoms with Crippen molar-refractivity contribution in [2.24, 2.45) is 23.7 Å². The zero-order valence-corrected chi connectivity index (χ0v) is 15.6. The topological polar surface area (TPSA) is 107 Å². The van der Waals surface area contributed by atoms with E-state index in [4.69, 9.17) is 4.74 Å². The number of rotatable bonds is 4. The van der Waals surface area contributed by atoms with Gasteiger partial charge in [-0.3, -0.25) is 19.7 Å². The van der Waals surface area contributed by atoms with Crippen molar-refractivity contribution in [1.82, 2.24) is 0 Å². The van der Waals surface area contributed by atoms with Gasteiger partial charge in [-0.25, -0.2) is 9.69 Å². The van der Waals surface area contributed by atoms with Crippen molar-refractivity contribution in [2.45, 2.75) is 6.42 Å². The molecule has 1 heterocycles. The van der Waals surface area contributed by atoms with Gasteiger partial charge >= 0.3 is 5.97 Å². The van der Waals surface area contributed by atoms with Crippen LogP contribution in [-0.4, -0.2) is 22.7 Å². The summed E-state index contributed by atoms with van der Waals surface area (Å²) >= 11 is 0. The molecule has 2 aromatic rings. The van der Waals surface area contributed by atoms with E-state index in [-0.39, 0.29) is 58.2 Å². The molecule has 8 heteroatoms. The molecule has 0 aromatic heterocycles. The molecule has 2 aromatic carbocycles. The number of ether oxygens (including phenoxy) is 1. The Kier molecular flexibility index (Phi) is 4.02. The number of fused-ring (bicyclic) bond motifs is 5. The second-order valence-electron chi connectivity index (χ2n) is 7.67. The molecule has 5 rings (SSSR count). The molecule has 0 N–H and O–H groups in total. The maximum Gasteiger partial charge on any atom is 0.343 e. The number of carbonyl (C=O) groups is 3. The number of carbonyl (C=O) groups excluding carboxylic acids is 3. The summed E-state index contributed by atoms with van der Waals surface area (Å²) in [7, 11) is 0. The highest BCUT2D eigenvalue weighted by atomic mass is 16.6. The number of amides is 2. The van der Waals surface area contributed by atoms with Crippen LogP contribution in [0.1, 0.15) is 16.8 Å². The van der Waals surface area contributed by atoms with Crippen LogP contribution in [0.4, 0.5) is 11.4 Å². The molecule has 2 aliphatic carbocycles. The number of para-hydroxylation sites is 2. The van der Waals surface area contributed by atoms with Crippen LogP contribution in [0.5, 0.6) is 5.75 Å². The highest BCUT2D eigenvalue weighted by Gasteiger charge is 2.59. The Morgan fingerprint density at radius 3 is 2.17 bits per heavy atom. The van der Waals surface area contributed by atoms with Gasteiger partial charge in [0.15, 0.2) is 5.75 Å². The molecular formula is C22H16N2O6. The minimum atomic E-state index is -0.738. The lowest BCUT2D eigenvalue weighted by molar-refractivity contribution is -0.384. The normalized spacial score (nSPS) is 26.2. The van der Waals surface area contributed by atoms with E-state index in [1.54, 1.807) is 18.2 Å². The number of nitro groups is 1. The second kappa shape index (κ2) is 6.62. The minimum Gasteiger partial charge on any atom is -0.421 e. The lowest BCUT2D eigenvalue weighted by atomic mass is 9.85. The number of hydrogen-bond donors (Lipinski definition) is 0. The van der Waals surface area contributed by atoms with Crippen LogP contribution in [0.25, 0.3) is 0 Å². The van der Waals surface area contributed by atoms with Crippen LogP contribution in [0.3, 0.4) is 0 Å². The van der Waals surface area contributed by atoms with Crippen molar-refractivity contribution >= 4 is 29.2 Å². The van der Waals surface area contributed by atoms with Crippen LogP contribution >= 0.6 is 0 Å². The Balaban J connectivity index is 1.42. The molecule has 0 unspecified atom stereocenters. The Bertz CT molecular complexity index is 1090. The zero-order valence-electron chi connectivity index (χ0n) is 15.6. The summed E-state index contributed by atoms with van der Waals surface area (Å²) in [6.45, 7) is 0. The van der Waals surface area contributed by atoms with Crippen molar-refractivity contribution in [1.29, 1.82) is 0 Å². The molecule has 8 nitrogen and oxygen atoms in total. The first-order valence-electron chi connectivity index (χ1n) is 9.57. The van der Waals surface area contributed by atoms with Gasteiger partial charge in [-0.2, -0.15) is 0 Å². The van der Waals surface area contributed by atoms with Gasteiger partial charge in [0.2, 0.25) is 11.8 Å². The van der Waals surface area contributed by atoms with E-state index in [0.717, 1.165) is 11.3 Å². The number of anilines is 1. The highest BCUT2D eigenvalue weighted by Crippen LogP contribution is 2.53. The third-order valence-electron chi connectivity index (χ3n) is 6.09. The smallest absolute Gasteiger partial charge is 0.343 e. The Morgan fingerprint density at radius 1 is 0.967 bits per heavy atom. The first-order chi connectivity index (χ1) is 14.5. The van der Waals surface area contributed by atoms with Crippen molar-refractivity contribution in [3.8, 4) is 5.75 Å². The first kappa shape index (κ1) is 18.2. The Morgan fingerprint density at radius 2 is 1.57 bits per heavy atom. The highest BCUT2D eigenvalue weighted by molar-refractivity contribution is 6.23. The summed E-state index contributed by atoms with van der Waals surface area (Å²) < 4.78 is 5.46. The third kappa shape index (κ3) is 2.64. The van der Waals surface area contributed by atoms with E-state index in [1.807, 2.05) is 12.2 Å². The van der Waals surface area contributed by atoms with Crippen LogP contribution in [-0.2, 0) is 9.59 Å². The van der Waals surface area contributed by atoms with Gasteiger partial charge in [0.1, 0.15) is 0 Å². The molecule has 30 heavy (non-hydrogen) atoms. The second-order valence-corrected chi connectivity index (χ2v) is 7.67.